The molecule has 20 heavy (non-hydrogen) atoms. The Bertz CT molecular complexity index is 472. The van der Waals surface area contributed by atoms with E-state index in [1.165, 1.54) is 19.3 Å². The first-order valence-electron chi connectivity index (χ1n) is 7.15. The van der Waals surface area contributed by atoms with Gasteiger partial charge >= 0.3 is 0 Å². The molecule has 1 aliphatic heterocycles. The summed E-state index contributed by atoms with van der Waals surface area (Å²) >= 11 is 3.34. The first kappa shape index (κ1) is 15.3. The molecule has 3 N–H and O–H groups in total. The van der Waals surface area contributed by atoms with Crippen LogP contribution in [0.4, 0.5) is 5.69 Å². The maximum atomic E-state index is 12.1. The third-order valence-corrected chi connectivity index (χ3v) is 4.52. The van der Waals surface area contributed by atoms with Crippen molar-refractivity contribution >= 4 is 27.5 Å². The van der Waals surface area contributed by atoms with E-state index >= 15 is 0 Å². The second-order valence-electron chi connectivity index (χ2n) is 5.39. The number of hydrogen-bond donors (Lipinski definition) is 2. The van der Waals surface area contributed by atoms with Crippen molar-refractivity contribution in [1.82, 2.24) is 10.2 Å². The zero-order valence-electron chi connectivity index (χ0n) is 11.9. The molecule has 1 saturated heterocycles. The quantitative estimate of drug-likeness (QED) is 0.829. The third-order valence-electron chi connectivity index (χ3n) is 3.83. The van der Waals surface area contributed by atoms with Crippen molar-refractivity contribution in [3.05, 3.63) is 28.2 Å². The van der Waals surface area contributed by atoms with Gasteiger partial charge in [0.25, 0.3) is 5.91 Å². The molecular formula is C15H22BrN3O. The molecule has 2 rings (SSSR count). The van der Waals surface area contributed by atoms with E-state index in [2.05, 4.69) is 33.1 Å². The van der Waals surface area contributed by atoms with Crippen LogP contribution in [0.15, 0.2) is 22.7 Å². The zero-order chi connectivity index (χ0) is 14.5. The first-order chi connectivity index (χ1) is 9.58. The first-order valence-corrected chi connectivity index (χ1v) is 7.94. The maximum absolute atomic E-state index is 12.1. The standard InChI is InChI=1S/C15H22BrN3O/c1-11(19-7-3-2-4-8-19)10-18-15(20)12-5-6-14(17)13(16)9-12/h5-6,9,11H,2-4,7-8,10,17H2,1H3,(H,18,20). The summed E-state index contributed by atoms with van der Waals surface area (Å²) < 4.78 is 0.759. The van der Waals surface area contributed by atoms with Crippen LogP contribution in [-0.2, 0) is 0 Å². The minimum Gasteiger partial charge on any atom is -0.398 e. The monoisotopic (exact) mass is 339 g/mol. The predicted octanol–water partition coefficient (Wildman–Crippen LogP) is 2.64. The zero-order valence-corrected chi connectivity index (χ0v) is 13.4. The van der Waals surface area contributed by atoms with Gasteiger partial charge in [-0.05, 0) is 67.0 Å². The highest BCUT2D eigenvalue weighted by Crippen LogP contribution is 2.20. The predicted molar refractivity (Wildman–Crippen MR) is 85.8 cm³/mol. The molecule has 1 unspecified atom stereocenters. The number of amides is 1. The number of carbonyl (C=O) groups is 1. The van der Waals surface area contributed by atoms with Crippen LogP contribution < -0.4 is 11.1 Å². The van der Waals surface area contributed by atoms with Gasteiger partial charge in [-0.25, -0.2) is 0 Å². The molecule has 1 fully saturated rings. The molecule has 1 aromatic carbocycles. The van der Waals surface area contributed by atoms with E-state index in [1.807, 2.05) is 0 Å². The molecule has 0 radical (unpaired) electrons. The molecule has 4 nitrogen and oxygen atoms in total. The lowest BCUT2D eigenvalue weighted by atomic mass is 10.1. The van der Waals surface area contributed by atoms with Crippen molar-refractivity contribution in [3.63, 3.8) is 0 Å². The van der Waals surface area contributed by atoms with Crippen LogP contribution >= 0.6 is 15.9 Å². The fourth-order valence-corrected chi connectivity index (χ4v) is 2.88. The van der Waals surface area contributed by atoms with E-state index in [0.717, 1.165) is 17.6 Å². The van der Waals surface area contributed by atoms with Crippen LogP contribution in [0.3, 0.4) is 0 Å². The highest BCUT2D eigenvalue weighted by molar-refractivity contribution is 9.10. The molecule has 1 aromatic rings. The van der Waals surface area contributed by atoms with Crippen LogP contribution in [-0.4, -0.2) is 36.5 Å². The van der Waals surface area contributed by atoms with Crippen molar-refractivity contribution in [1.29, 1.82) is 0 Å². The van der Waals surface area contributed by atoms with E-state index in [0.29, 0.717) is 23.8 Å². The summed E-state index contributed by atoms with van der Waals surface area (Å²) in [5.74, 6) is -0.0467. The van der Waals surface area contributed by atoms with Gasteiger partial charge in [0.1, 0.15) is 0 Å². The summed E-state index contributed by atoms with van der Waals surface area (Å²) in [6, 6.07) is 5.64. The molecule has 1 amide bonds. The van der Waals surface area contributed by atoms with Crippen LogP contribution in [0.25, 0.3) is 0 Å². The number of nitrogens with two attached hydrogens (primary N) is 1. The van der Waals surface area contributed by atoms with Gasteiger partial charge in [-0.1, -0.05) is 6.42 Å². The number of carbonyl (C=O) groups excluding carboxylic acids is 1. The summed E-state index contributed by atoms with van der Waals surface area (Å²) in [5.41, 5.74) is 7.00. The number of nitrogens with zero attached hydrogens (tertiary/aromatic N) is 1. The van der Waals surface area contributed by atoms with E-state index in [9.17, 15) is 4.79 Å². The molecule has 0 aliphatic carbocycles. The summed E-state index contributed by atoms with van der Waals surface area (Å²) in [5, 5.41) is 3.00. The van der Waals surface area contributed by atoms with Gasteiger partial charge in [-0.15, -0.1) is 0 Å². The molecule has 110 valence electrons. The number of piperidine rings is 1. The Morgan fingerprint density at radius 1 is 1.40 bits per heavy atom. The fraction of sp³-hybridized carbons (Fsp3) is 0.533. The Balaban J connectivity index is 1.86. The maximum Gasteiger partial charge on any atom is 0.251 e. The smallest absolute Gasteiger partial charge is 0.251 e. The number of halogens is 1. The second-order valence-corrected chi connectivity index (χ2v) is 6.25. The summed E-state index contributed by atoms with van der Waals surface area (Å²) in [4.78, 5) is 14.6. The van der Waals surface area contributed by atoms with Crippen molar-refractivity contribution in [2.75, 3.05) is 25.4 Å². The SMILES string of the molecule is CC(CNC(=O)c1ccc(N)c(Br)c1)N1CCCCC1. The summed E-state index contributed by atoms with van der Waals surface area (Å²) in [6.45, 7) is 5.14. The van der Waals surface area contributed by atoms with Gasteiger partial charge in [0.15, 0.2) is 0 Å². The lowest BCUT2D eigenvalue weighted by Crippen LogP contribution is -2.44. The number of nitrogen functional groups attached to an aromatic ring is 1. The van der Waals surface area contributed by atoms with E-state index in [-0.39, 0.29) is 5.91 Å². The van der Waals surface area contributed by atoms with Gasteiger partial charge in [0.05, 0.1) is 0 Å². The van der Waals surface area contributed by atoms with E-state index < -0.39 is 0 Å². The molecule has 1 aliphatic rings. The highest BCUT2D eigenvalue weighted by Gasteiger charge is 2.17. The Labute approximate surface area is 128 Å². The number of hydrogen-bond acceptors (Lipinski definition) is 3. The van der Waals surface area contributed by atoms with Gasteiger partial charge in [0.2, 0.25) is 0 Å². The minimum absolute atomic E-state index is 0.0467. The molecule has 1 heterocycles. The Hall–Kier alpha value is -1.07. The molecular weight excluding hydrogens is 318 g/mol. The molecule has 0 saturated carbocycles. The van der Waals surface area contributed by atoms with Crippen molar-refractivity contribution in [3.8, 4) is 0 Å². The summed E-state index contributed by atoms with van der Waals surface area (Å²) in [7, 11) is 0. The molecule has 1 atom stereocenters. The van der Waals surface area contributed by atoms with Crippen LogP contribution in [0.1, 0.15) is 36.5 Å². The van der Waals surface area contributed by atoms with Crippen LogP contribution in [0.2, 0.25) is 0 Å². The van der Waals surface area contributed by atoms with Crippen molar-refractivity contribution in [2.24, 2.45) is 0 Å². The van der Waals surface area contributed by atoms with E-state index in [4.69, 9.17) is 5.73 Å². The molecule has 0 aromatic heterocycles. The van der Waals surface area contributed by atoms with Gasteiger partial charge < -0.3 is 11.1 Å². The normalized spacial score (nSPS) is 17.7. The second kappa shape index (κ2) is 7.09. The average molecular weight is 340 g/mol. The largest absolute Gasteiger partial charge is 0.398 e. The minimum atomic E-state index is -0.0467. The number of likely N-dealkylation sites (tertiary alicyclic amines) is 1. The average Bonchev–Trinajstić information content (AvgIpc) is 2.48. The third kappa shape index (κ3) is 3.96. The van der Waals surface area contributed by atoms with E-state index in [1.54, 1.807) is 18.2 Å². The van der Waals surface area contributed by atoms with Gasteiger partial charge in [-0.3, -0.25) is 9.69 Å². The Kier molecular flexibility index (Phi) is 5.43. The van der Waals surface area contributed by atoms with Crippen LogP contribution in [0.5, 0.6) is 0 Å². The number of rotatable bonds is 4. The molecule has 0 spiro atoms. The fourth-order valence-electron chi connectivity index (χ4n) is 2.50. The van der Waals surface area contributed by atoms with Gasteiger partial charge in [0, 0.05) is 28.3 Å². The highest BCUT2D eigenvalue weighted by atomic mass is 79.9. The van der Waals surface area contributed by atoms with Crippen molar-refractivity contribution in [2.45, 2.75) is 32.2 Å². The number of nitrogens with one attached hydrogen (secondary N) is 1. The molecule has 5 heteroatoms. The summed E-state index contributed by atoms with van der Waals surface area (Å²) in [6.07, 6.45) is 3.86. The Morgan fingerprint density at radius 2 is 2.10 bits per heavy atom. The lowest BCUT2D eigenvalue weighted by molar-refractivity contribution is 0.0930. The van der Waals surface area contributed by atoms with Crippen LogP contribution in [0, 0.1) is 0 Å². The lowest BCUT2D eigenvalue weighted by Gasteiger charge is -2.32. The van der Waals surface area contributed by atoms with Crippen molar-refractivity contribution < 1.29 is 4.79 Å². The topological polar surface area (TPSA) is 58.4 Å². The van der Waals surface area contributed by atoms with Gasteiger partial charge in [-0.2, -0.15) is 0 Å². The Morgan fingerprint density at radius 3 is 2.75 bits per heavy atom. The molecule has 0 bridgehead atoms. The number of benzene rings is 1. The number of anilines is 1.